The van der Waals surface area contributed by atoms with Crippen LogP contribution in [0, 0.1) is 16.0 Å². The first-order chi connectivity index (χ1) is 11.4. The molecule has 0 radical (unpaired) electrons. The zero-order valence-electron chi connectivity index (χ0n) is 13.4. The summed E-state index contributed by atoms with van der Waals surface area (Å²) in [5.74, 6) is -1.33. The van der Waals surface area contributed by atoms with Gasteiger partial charge in [-0.2, -0.15) is 0 Å². The van der Waals surface area contributed by atoms with Crippen molar-refractivity contribution < 1.29 is 24.4 Å². The van der Waals surface area contributed by atoms with Gasteiger partial charge in [0.25, 0.3) is 11.6 Å². The highest BCUT2D eigenvalue weighted by Crippen LogP contribution is 2.32. The van der Waals surface area contributed by atoms with E-state index in [-0.39, 0.29) is 11.1 Å². The van der Waals surface area contributed by atoms with Crippen LogP contribution in [0.2, 0.25) is 0 Å². The highest BCUT2D eigenvalue weighted by atomic mass is 16.6. The highest BCUT2D eigenvalue weighted by Gasteiger charge is 2.29. The number of nitrogens with one attached hydrogen (secondary N) is 1. The molecule has 1 aliphatic carbocycles. The van der Waals surface area contributed by atoms with Gasteiger partial charge in [0.1, 0.15) is 0 Å². The summed E-state index contributed by atoms with van der Waals surface area (Å²) in [4.78, 5) is 33.3. The van der Waals surface area contributed by atoms with Crippen LogP contribution in [0.3, 0.4) is 0 Å². The van der Waals surface area contributed by atoms with E-state index in [1.807, 2.05) is 6.92 Å². The molecule has 2 rings (SSSR count). The van der Waals surface area contributed by atoms with E-state index in [0.717, 1.165) is 37.5 Å². The van der Waals surface area contributed by atoms with Gasteiger partial charge in [-0.15, -0.1) is 0 Å². The van der Waals surface area contributed by atoms with Crippen LogP contribution >= 0.6 is 0 Å². The minimum absolute atomic E-state index is 0.0256. The molecule has 0 spiro atoms. The third-order valence-electron chi connectivity index (χ3n) is 4.07. The van der Waals surface area contributed by atoms with Gasteiger partial charge in [0.15, 0.2) is 0 Å². The van der Waals surface area contributed by atoms with E-state index in [1.54, 1.807) is 0 Å². The van der Waals surface area contributed by atoms with Crippen molar-refractivity contribution in [2.75, 3.05) is 13.2 Å². The minimum Gasteiger partial charge on any atom is -0.478 e. The molecule has 2 N–H and O–H groups in total. The molecule has 0 unspecified atom stereocenters. The van der Waals surface area contributed by atoms with E-state index < -0.39 is 22.5 Å². The van der Waals surface area contributed by atoms with Crippen LogP contribution in [0.25, 0.3) is 0 Å². The van der Waals surface area contributed by atoms with E-state index in [9.17, 15) is 19.7 Å². The van der Waals surface area contributed by atoms with Crippen molar-refractivity contribution in [3.05, 3.63) is 39.4 Å². The van der Waals surface area contributed by atoms with Gasteiger partial charge >= 0.3 is 5.97 Å². The van der Waals surface area contributed by atoms with E-state index in [0.29, 0.717) is 25.2 Å². The Labute approximate surface area is 139 Å². The van der Waals surface area contributed by atoms with Crippen LogP contribution in [-0.2, 0) is 4.74 Å². The molecule has 0 aromatic heterocycles. The second kappa shape index (κ2) is 7.87. The Balaban J connectivity index is 1.90. The van der Waals surface area contributed by atoms with Crippen LogP contribution in [0.5, 0.6) is 0 Å². The lowest BCUT2D eigenvalue weighted by molar-refractivity contribution is -0.384. The van der Waals surface area contributed by atoms with Crippen molar-refractivity contribution in [3.8, 4) is 0 Å². The van der Waals surface area contributed by atoms with Crippen LogP contribution in [0.4, 0.5) is 5.69 Å². The summed E-state index contributed by atoms with van der Waals surface area (Å²) in [5.41, 5.74) is -0.728. The molecular weight excluding hydrogens is 316 g/mol. The Morgan fingerprint density at radius 1 is 1.33 bits per heavy atom. The molecule has 130 valence electrons. The topological polar surface area (TPSA) is 119 Å². The number of nitrogens with zero attached hydrogens (tertiary/aromatic N) is 1. The number of rotatable bonds is 8. The number of nitro benzene ring substituents is 1. The first kappa shape index (κ1) is 17.9. The van der Waals surface area contributed by atoms with Gasteiger partial charge in [0.05, 0.1) is 16.6 Å². The Bertz CT molecular complexity index is 607. The molecule has 8 heteroatoms. The van der Waals surface area contributed by atoms with Crippen LogP contribution < -0.4 is 5.32 Å². The molecule has 1 aliphatic rings. The van der Waals surface area contributed by atoms with E-state index in [4.69, 9.17) is 9.84 Å². The maximum atomic E-state index is 12.1. The molecule has 1 aromatic rings. The molecule has 1 saturated carbocycles. The molecule has 0 saturated heterocycles. The molecule has 24 heavy (non-hydrogen) atoms. The lowest BCUT2D eigenvalue weighted by Gasteiger charge is -2.34. The van der Waals surface area contributed by atoms with Crippen LogP contribution in [-0.4, -0.2) is 41.2 Å². The first-order valence-electron chi connectivity index (χ1n) is 7.83. The van der Waals surface area contributed by atoms with Crippen molar-refractivity contribution in [1.29, 1.82) is 0 Å². The fourth-order valence-corrected chi connectivity index (χ4v) is 2.75. The zero-order valence-corrected chi connectivity index (χ0v) is 13.4. The fraction of sp³-hybridized carbons (Fsp3) is 0.500. The highest BCUT2D eigenvalue weighted by molar-refractivity contribution is 5.98. The summed E-state index contributed by atoms with van der Waals surface area (Å²) in [7, 11) is 0. The van der Waals surface area contributed by atoms with Crippen molar-refractivity contribution in [2.24, 2.45) is 5.92 Å². The Morgan fingerprint density at radius 3 is 2.58 bits per heavy atom. The monoisotopic (exact) mass is 336 g/mol. The number of non-ortho nitro benzene ring substituents is 1. The summed E-state index contributed by atoms with van der Waals surface area (Å²) in [6.45, 7) is 3.10. The standard InChI is InChI=1S/C16H20N2O6/c1-2-24-14-5-10(6-14)3-4-17-15(19)11-7-12(16(20)21)9-13(8-11)18(22)23/h7-10,14H,2-6H2,1H3,(H,17,19)(H,20,21). The molecule has 0 heterocycles. The minimum atomic E-state index is -1.32. The fourth-order valence-electron chi connectivity index (χ4n) is 2.75. The zero-order chi connectivity index (χ0) is 17.7. The second-order valence-electron chi connectivity index (χ2n) is 5.79. The smallest absolute Gasteiger partial charge is 0.335 e. The number of carbonyl (C=O) groups excluding carboxylic acids is 1. The summed E-state index contributed by atoms with van der Waals surface area (Å²) in [6.07, 6.45) is 3.06. The number of amides is 1. The maximum absolute atomic E-state index is 12.1. The Hall–Kier alpha value is -2.48. The largest absolute Gasteiger partial charge is 0.478 e. The van der Waals surface area contributed by atoms with Crippen LogP contribution in [0.1, 0.15) is 46.9 Å². The van der Waals surface area contributed by atoms with E-state index in [2.05, 4.69) is 5.32 Å². The second-order valence-corrected chi connectivity index (χ2v) is 5.79. The third kappa shape index (κ3) is 4.51. The van der Waals surface area contributed by atoms with Gasteiger partial charge in [0.2, 0.25) is 0 Å². The number of benzene rings is 1. The lowest BCUT2D eigenvalue weighted by atomic mass is 9.80. The summed E-state index contributed by atoms with van der Waals surface area (Å²) >= 11 is 0. The Morgan fingerprint density at radius 2 is 2.00 bits per heavy atom. The number of carboxylic acids is 1. The quantitative estimate of drug-likeness (QED) is 0.555. The lowest BCUT2D eigenvalue weighted by Crippen LogP contribution is -2.34. The van der Waals surface area contributed by atoms with Crippen molar-refractivity contribution in [2.45, 2.75) is 32.3 Å². The average Bonchev–Trinajstić information content (AvgIpc) is 2.51. The van der Waals surface area contributed by atoms with Gasteiger partial charge in [-0.1, -0.05) is 0 Å². The molecule has 0 bridgehead atoms. The number of nitro groups is 1. The third-order valence-corrected chi connectivity index (χ3v) is 4.07. The number of hydrogen-bond acceptors (Lipinski definition) is 5. The van der Waals surface area contributed by atoms with Gasteiger partial charge in [0, 0.05) is 30.8 Å². The summed E-state index contributed by atoms with van der Waals surface area (Å²) in [6, 6.07) is 3.15. The number of hydrogen-bond donors (Lipinski definition) is 2. The number of ether oxygens (including phenoxy) is 1. The molecule has 0 aliphatic heterocycles. The predicted octanol–water partition coefficient (Wildman–Crippen LogP) is 2.23. The Kier molecular flexibility index (Phi) is 5.86. The molecule has 1 fully saturated rings. The van der Waals surface area contributed by atoms with E-state index in [1.165, 1.54) is 0 Å². The maximum Gasteiger partial charge on any atom is 0.335 e. The van der Waals surface area contributed by atoms with Crippen LogP contribution in [0.15, 0.2) is 18.2 Å². The summed E-state index contributed by atoms with van der Waals surface area (Å²) in [5, 5.41) is 22.5. The first-order valence-corrected chi connectivity index (χ1v) is 7.83. The summed E-state index contributed by atoms with van der Waals surface area (Å²) < 4.78 is 5.47. The number of aromatic carboxylic acids is 1. The van der Waals surface area contributed by atoms with Crippen molar-refractivity contribution in [3.63, 3.8) is 0 Å². The van der Waals surface area contributed by atoms with Crippen molar-refractivity contribution >= 4 is 17.6 Å². The molecule has 1 amide bonds. The van der Waals surface area contributed by atoms with Gasteiger partial charge in [-0.3, -0.25) is 14.9 Å². The predicted molar refractivity (Wildman–Crippen MR) is 85.1 cm³/mol. The molecule has 0 atom stereocenters. The van der Waals surface area contributed by atoms with Crippen molar-refractivity contribution in [1.82, 2.24) is 5.32 Å². The normalized spacial score (nSPS) is 19.4. The number of carboxylic acid groups (broad SMARTS) is 1. The molecular formula is C16H20N2O6. The SMILES string of the molecule is CCOC1CC(CCNC(=O)c2cc(C(=O)O)cc([N+](=O)[O-])c2)C1. The number of carbonyl (C=O) groups is 2. The molecule has 1 aromatic carbocycles. The van der Waals surface area contributed by atoms with Gasteiger partial charge in [-0.25, -0.2) is 4.79 Å². The van der Waals surface area contributed by atoms with Gasteiger partial charge < -0.3 is 15.2 Å². The average molecular weight is 336 g/mol. The van der Waals surface area contributed by atoms with E-state index >= 15 is 0 Å². The molecule has 8 nitrogen and oxygen atoms in total. The van der Waals surface area contributed by atoms with Gasteiger partial charge in [-0.05, 0) is 38.2 Å².